The minimum Gasteiger partial charge on any atom is -0.512 e. The highest BCUT2D eigenvalue weighted by atomic mass is 16.6. The smallest absolute Gasteiger partial charge is 0.153 e. The van der Waals surface area contributed by atoms with Gasteiger partial charge in [-0.15, -0.1) is 0 Å². The third-order valence-corrected chi connectivity index (χ3v) is 6.10. The van der Waals surface area contributed by atoms with Crippen molar-refractivity contribution in [3.63, 3.8) is 0 Å². The highest BCUT2D eigenvalue weighted by molar-refractivity contribution is 5.32. The summed E-state index contributed by atoms with van der Waals surface area (Å²) in [6.45, 7) is 10.1. The van der Waals surface area contributed by atoms with Gasteiger partial charge in [-0.2, -0.15) is 5.11 Å². The number of hydrogen-bond donors (Lipinski definition) is 2. The van der Waals surface area contributed by atoms with Gasteiger partial charge in [0.05, 0.1) is 111 Å². The van der Waals surface area contributed by atoms with Crippen molar-refractivity contribution in [3.8, 4) is 0 Å². The predicted octanol–water partition coefficient (Wildman–Crippen LogP) is 3.93. The zero-order chi connectivity index (χ0) is 30.0. The van der Waals surface area contributed by atoms with Crippen molar-refractivity contribution in [1.29, 1.82) is 5.53 Å². The Morgan fingerprint density at radius 1 is 0.643 bits per heavy atom. The van der Waals surface area contributed by atoms with Gasteiger partial charge in [-0.3, -0.25) is 0 Å². The van der Waals surface area contributed by atoms with Crippen LogP contribution in [0.25, 0.3) is 0 Å². The molecule has 1 saturated carbocycles. The topological polar surface area (TPSA) is 140 Å². The number of allylic oxidation sites excluding steroid dienone is 5. The normalized spacial score (nSPS) is 17.7. The monoisotopic (exact) mass is 598 g/mol. The molecule has 0 aromatic heterocycles. The lowest BCUT2D eigenvalue weighted by molar-refractivity contribution is -0.0243. The van der Waals surface area contributed by atoms with Crippen molar-refractivity contribution in [1.82, 2.24) is 0 Å². The van der Waals surface area contributed by atoms with Gasteiger partial charge in [0.15, 0.2) is 5.54 Å². The van der Waals surface area contributed by atoms with Gasteiger partial charge in [0.25, 0.3) is 0 Å². The summed E-state index contributed by atoms with van der Waals surface area (Å²) in [7, 11) is 0. The summed E-state index contributed by atoms with van der Waals surface area (Å²) >= 11 is 0. The van der Waals surface area contributed by atoms with E-state index in [9.17, 15) is 5.11 Å². The zero-order valence-corrected chi connectivity index (χ0v) is 25.1. The average Bonchev–Trinajstić information content (AvgIpc) is 3.86. The summed E-state index contributed by atoms with van der Waals surface area (Å²) in [6.07, 6.45) is 11.9. The van der Waals surface area contributed by atoms with Gasteiger partial charge < -0.3 is 47.7 Å². The highest BCUT2D eigenvalue weighted by Gasteiger charge is 2.27. The quantitative estimate of drug-likeness (QED) is 0.0740. The molecule has 2 N–H and O–H groups in total. The average molecular weight is 599 g/mol. The van der Waals surface area contributed by atoms with Crippen molar-refractivity contribution in [2.75, 3.05) is 112 Å². The van der Waals surface area contributed by atoms with Crippen LogP contribution in [0, 0.1) is 5.53 Å². The summed E-state index contributed by atoms with van der Waals surface area (Å²) in [5.41, 5.74) is 7.80. The van der Waals surface area contributed by atoms with Crippen LogP contribution in [0.1, 0.15) is 26.2 Å². The minimum absolute atomic E-state index is 0.375. The molecule has 0 spiro atoms. The molecule has 0 heterocycles. The van der Waals surface area contributed by atoms with Crippen molar-refractivity contribution >= 4 is 0 Å². The Morgan fingerprint density at radius 2 is 1.05 bits per heavy atom. The SMILES string of the molecule is CC1(N=N)C=CC=CC=C1OCCOCCOCCOCCOCCOCCOCCOCCOCCC(O)=C1CC1. The molecule has 0 saturated heterocycles. The van der Waals surface area contributed by atoms with E-state index in [4.69, 9.17) is 48.2 Å². The molecule has 240 valence electrons. The van der Waals surface area contributed by atoms with Crippen molar-refractivity contribution in [2.45, 2.75) is 31.7 Å². The van der Waals surface area contributed by atoms with Crippen LogP contribution in [0.5, 0.6) is 0 Å². The summed E-state index contributed by atoms with van der Waals surface area (Å²) < 4.78 is 49.5. The van der Waals surface area contributed by atoms with Crippen LogP contribution in [0.2, 0.25) is 0 Å². The third kappa shape index (κ3) is 18.4. The largest absolute Gasteiger partial charge is 0.512 e. The molecule has 0 radical (unpaired) electrons. The van der Waals surface area contributed by atoms with Gasteiger partial charge in [0, 0.05) is 6.42 Å². The number of ether oxygens (including phenoxy) is 9. The molecule has 0 aromatic carbocycles. The van der Waals surface area contributed by atoms with E-state index in [0.29, 0.717) is 130 Å². The van der Waals surface area contributed by atoms with Gasteiger partial charge in [0.1, 0.15) is 12.4 Å². The van der Waals surface area contributed by atoms with E-state index in [-0.39, 0.29) is 0 Å². The summed E-state index contributed by atoms with van der Waals surface area (Å²) in [5, 5.41) is 13.3. The molecule has 42 heavy (non-hydrogen) atoms. The molecule has 1 fully saturated rings. The van der Waals surface area contributed by atoms with Crippen molar-refractivity contribution in [3.05, 3.63) is 47.5 Å². The number of nitrogens with one attached hydrogen (secondary N) is 1. The molecule has 0 bridgehead atoms. The first kappa shape index (κ1) is 36.0. The Morgan fingerprint density at radius 3 is 1.45 bits per heavy atom. The fourth-order valence-corrected chi connectivity index (χ4v) is 3.54. The summed E-state index contributed by atoms with van der Waals surface area (Å²) in [5.74, 6) is 1.11. The molecule has 1 atom stereocenters. The van der Waals surface area contributed by atoms with E-state index in [1.807, 2.05) is 37.3 Å². The van der Waals surface area contributed by atoms with Crippen LogP contribution < -0.4 is 0 Å². The Hall–Kier alpha value is -2.16. The van der Waals surface area contributed by atoms with Crippen LogP contribution in [-0.2, 0) is 42.6 Å². The molecule has 0 aliphatic heterocycles. The second-order valence-electron chi connectivity index (χ2n) is 9.58. The van der Waals surface area contributed by atoms with Gasteiger partial charge >= 0.3 is 0 Å². The molecule has 1 unspecified atom stereocenters. The van der Waals surface area contributed by atoms with Crippen LogP contribution in [-0.4, -0.2) is 123 Å². The maximum absolute atomic E-state index is 9.63. The molecule has 0 aromatic rings. The number of aliphatic hydroxyl groups excluding tert-OH is 1. The zero-order valence-electron chi connectivity index (χ0n) is 25.1. The Labute approximate surface area is 250 Å². The van der Waals surface area contributed by atoms with Gasteiger partial charge in [-0.05, 0) is 37.5 Å². The lowest BCUT2D eigenvalue weighted by Crippen LogP contribution is -2.24. The van der Waals surface area contributed by atoms with E-state index in [1.54, 1.807) is 0 Å². The van der Waals surface area contributed by atoms with Crippen LogP contribution in [0.15, 0.2) is 52.6 Å². The summed E-state index contributed by atoms with van der Waals surface area (Å²) in [4.78, 5) is 0. The van der Waals surface area contributed by atoms with Crippen molar-refractivity contribution in [2.24, 2.45) is 5.11 Å². The first-order chi connectivity index (χ1) is 20.7. The molecule has 12 nitrogen and oxygen atoms in total. The Bertz CT molecular complexity index is 827. The van der Waals surface area contributed by atoms with Crippen LogP contribution in [0.4, 0.5) is 0 Å². The lowest BCUT2D eigenvalue weighted by Gasteiger charge is -2.22. The first-order valence-electron chi connectivity index (χ1n) is 14.8. The minimum atomic E-state index is -0.783. The number of hydrogen-bond acceptors (Lipinski definition) is 12. The van der Waals surface area contributed by atoms with E-state index < -0.39 is 5.54 Å². The second-order valence-corrected chi connectivity index (χ2v) is 9.58. The molecule has 12 heteroatoms. The highest BCUT2D eigenvalue weighted by Crippen LogP contribution is 2.31. The lowest BCUT2D eigenvalue weighted by atomic mass is 10.0. The number of aliphatic hydroxyl groups is 1. The fraction of sp³-hybridized carbons (Fsp3) is 0.733. The van der Waals surface area contributed by atoms with E-state index in [1.165, 1.54) is 0 Å². The van der Waals surface area contributed by atoms with Gasteiger partial charge in [-0.25, -0.2) is 5.53 Å². The number of rotatable bonds is 29. The first-order valence-corrected chi connectivity index (χ1v) is 14.8. The van der Waals surface area contributed by atoms with E-state index in [2.05, 4.69) is 5.11 Å². The molecule has 2 aliphatic rings. The number of nitrogens with zero attached hydrogens (tertiary/aromatic N) is 1. The molecular weight excluding hydrogens is 548 g/mol. The maximum atomic E-state index is 9.63. The standard InChI is InChI=1S/C30H50N2O10/c1-30(32-31)9-4-2-3-5-29(30)42-26-25-41-24-23-40-22-21-39-20-19-38-18-17-37-16-15-36-14-13-35-12-11-34-10-8-28(33)27-6-7-27/h2-5,9,31,33H,6-8,10-26H2,1H3. The molecule has 2 rings (SSSR count). The van der Waals surface area contributed by atoms with Gasteiger partial charge in [0.2, 0.25) is 0 Å². The third-order valence-electron chi connectivity index (χ3n) is 6.10. The molecule has 2 aliphatic carbocycles. The van der Waals surface area contributed by atoms with E-state index >= 15 is 0 Å². The second kappa shape index (κ2) is 24.3. The predicted molar refractivity (Wildman–Crippen MR) is 156 cm³/mol. The fourth-order valence-electron chi connectivity index (χ4n) is 3.54. The summed E-state index contributed by atoms with van der Waals surface area (Å²) in [6, 6.07) is 0. The van der Waals surface area contributed by atoms with Crippen LogP contribution >= 0.6 is 0 Å². The van der Waals surface area contributed by atoms with Gasteiger partial charge in [-0.1, -0.05) is 18.2 Å². The Kier molecular flexibility index (Phi) is 20.8. The van der Waals surface area contributed by atoms with Crippen LogP contribution in [0.3, 0.4) is 0 Å². The molecular formula is C30H50N2O10. The Balaban J connectivity index is 1.20. The van der Waals surface area contributed by atoms with E-state index in [0.717, 1.165) is 18.4 Å². The molecule has 0 amide bonds. The maximum Gasteiger partial charge on any atom is 0.153 e. The van der Waals surface area contributed by atoms with Crippen molar-refractivity contribution < 1.29 is 47.7 Å².